The molecule has 0 unspecified atom stereocenters. The second kappa shape index (κ2) is 10.7. The summed E-state index contributed by atoms with van der Waals surface area (Å²) in [7, 11) is 0. The van der Waals surface area contributed by atoms with Crippen LogP contribution in [0.25, 0.3) is 0 Å². The number of carbonyl (C=O) groups is 3. The quantitative estimate of drug-likeness (QED) is 0.657. The number of rotatable bonds is 5. The maximum absolute atomic E-state index is 13.1. The molecule has 7 nitrogen and oxygen atoms in total. The first-order valence-electron chi connectivity index (χ1n) is 12.0. The molecule has 2 fully saturated rings. The van der Waals surface area contributed by atoms with E-state index >= 15 is 0 Å². The second-order valence-corrected chi connectivity index (χ2v) is 9.32. The maximum Gasteiger partial charge on any atom is 0.416 e. The van der Waals surface area contributed by atoms with Gasteiger partial charge in [0.05, 0.1) is 18.7 Å². The number of carbonyl (C=O) groups excluding carboxylic acids is 3. The van der Waals surface area contributed by atoms with E-state index in [1.807, 2.05) is 6.92 Å². The van der Waals surface area contributed by atoms with Crippen molar-refractivity contribution in [1.29, 1.82) is 0 Å². The lowest BCUT2D eigenvalue weighted by Gasteiger charge is -2.32. The van der Waals surface area contributed by atoms with Gasteiger partial charge in [0.1, 0.15) is 0 Å². The van der Waals surface area contributed by atoms with Crippen LogP contribution in [-0.4, -0.2) is 66.8 Å². The van der Waals surface area contributed by atoms with Crippen molar-refractivity contribution in [2.24, 2.45) is 0 Å². The Kier molecular flexibility index (Phi) is 7.63. The molecule has 0 atom stereocenters. The lowest BCUT2D eigenvalue weighted by atomic mass is 9.88. The average Bonchev–Trinajstić information content (AvgIpc) is 2.84. The van der Waals surface area contributed by atoms with E-state index in [2.05, 4.69) is 10.6 Å². The Morgan fingerprint density at radius 1 is 1.06 bits per heavy atom. The van der Waals surface area contributed by atoms with Crippen LogP contribution < -0.4 is 10.6 Å². The molecule has 2 N–H and O–H groups in total. The Morgan fingerprint density at radius 3 is 2.39 bits per heavy atom. The normalized spacial score (nSPS) is 17.6. The molecule has 36 heavy (non-hydrogen) atoms. The molecule has 2 heterocycles. The van der Waals surface area contributed by atoms with Gasteiger partial charge in [0.25, 0.3) is 5.91 Å². The van der Waals surface area contributed by atoms with Gasteiger partial charge in [-0.1, -0.05) is 18.2 Å². The number of piperazine rings is 1. The smallest absolute Gasteiger partial charge is 0.354 e. The standard InChI is InChI=1S/C26H29F3N4O3/c1-17-2-3-20(14-22(17)31-24(35)16-32-13-10-30-23(34)15-32)25(36)33-11-8-19(9-12-33)18-4-6-21(7-5-18)26(27,28)29/h2-7,14,19H,8-13,15-16H2,1H3,(H,30,34)(H,31,35). The molecule has 2 saturated heterocycles. The van der Waals surface area contributed by atoms with E-state index in [1.165, 1.54) is 12.1 Å². The highest BCUT2D eigenvalue weighted by molar-refractivity contribution is 5.98. The van der Waals surface area contributed by atoms with E-state index in [1.54, 1.807) is 28.0 Å². The summed E-state index contributed by atoms with van der Waals surface area (Å²) in [6.07, 6.45) is -3.03. The molecule has 2 aromatic carbocycles. The molecule has 2 aliphatic rings. The van der Waals surface area contributed by atoms with E-state index in [4.69, 9.17) is 0 Å². The van der Waals surface area contributed by atoms with Gasteiger partial charge in [0.2, 0.25) is 11.8 Å². The third-order valence-corrected chi connectivity index (χ3v) is 6.73. The zero-order valence-corrected chi connectivity index (χ0v) is 20.0. The number of alkyl halides is 3. The topological polar surface area (TPSA) is 81.8 Å². The predicted octanol–water partition coefficient (Wildman–Crippen LogP) is 3.40. The summed E-state index contributed by atoms with van der Waals surface area (Å²) in [4.78, 5) is 40.7. The van der Waals surface area contributed by atoms with Gasteiger partial charge < -0.3 is 15.5 Å². The van der Waals surface area contributed by atoms with E-state index in [0.717, 1.165) is 23.3 Å². The van der Waals surface area contributed by atoms with Crippen LogP contribution in [0, 0.1) is 6.92 Å². The minimum absolute atomic E-state index is 0.0858. The number of aryl methyl sites for hydroxylation is 1. The Labute approximate surface area is 207 Å². The van der Waals surface area contributed by atoms with Gasteiger partial charge >= 0.3 is 6.18 Å². The van der Waals surface area contributed by atoms with Crippen LogP contribution in [0.5, 0.6) is 0 Å². The average molecular weight is 503 g/mol. The summed E-state index contributed by atoms with van der Waals surface area (Å²) in [5, 5.41) is 5.57. The van der Waals surface area contributed by atoms with Gasteiger partial charge in [-0.15, -0.1) is 0 Å². The number of hydrogen-bond acceptors (Lipinski definition) is 4. The van der Waals surface area contributed by atoms with Crippen molar-refractivity contribution in [3.05, 3.63) is 64.7 Å². The molecule has 0 aromatic heterocycles. The zero-order chi connectivity index (χ0) is 25.9. The molecule has 0 aliphatic carbocycles. The summed E-state index contributed by atoms with van der Waals surface area (Å²) in [5.41, 5.74) is 2.01. The van der Waals surface area contributed by atoms with Crippen LogP contribution in [0.4, 0.5) is 18.9 Å². The Bertz CT molecular complexity index is 1130. The number of likely N-dealkylation sites (tertiary alicyclic amines) is 1. The fourth-order valence-electron chi connectivity index (χ4n) is 4.65. The van der Waals surface area contributed by atoms with Gasteiger partial charge in [-0.05, 0) is 61.1 Å². The van der Waals surface area contributed by atoms with Crippen molar-refractivity contribution in [2.75, 3.05) is 44.6 Å². The van der Waals surface area contributed by atoms with Crippen LogP contribution in [-0.2, 0) is 15.8 Å². The molecule has 0 spiro atoms. The van der Waals surface area contributed by atoms with Gasteiger partial charge in [0, 0.05) is 37.4 Å². The number of benzene rings is 2. The van der Waals surface area contributed by atoms with Gasteiger partial charge in [-0.25, -0.2) is 0 Å². The highest BCUT2D eigenvalue weighted by atomic mass is 19.4. The molecular weight excluding hydrogens is 473 g/mol. The Morgan fingerprint density at radius 2 is 1.75 bits per heavy atom. The Hall–Kier alpha value is -3.40. The van der Waals surface area contributed by atoms with Crippen molar-refractivity contribution < 1.29 is 27.6 Å². The van der Waals surface area contributed by atoms with E-state index < -0.39 is 11.7 Å². The first-order chi connectivity index (χ1) is 17.1. The van der Waals surface area contributed by atoms with Crippen molar-refractivity contribution >= 4 is 23.4 Å². The lowest BCUT2D eigenvalue weighted by Crippen LogP contribution is -2.49. The number of piperidine rings is 1. The highest BCUT2D eigenvalue weighted by Gasteiger charge is 2.31. The summed E-state index contributed by atoms with van der Waals surface area (Å²) in [6.45, 7) is 4.20. The molecule has 2 aromatic rings. The molecule has 4 rings (SSSR count). The summed E-state index contributed by atoms with van der Waals surface area (Å²) in [6, 6.07) is 10.4. The SMILES string of the molecule is Cc1ccc(C(=O)N2CCC(c3ccc(C(F)(F)F)cc3)CC2)cc1NC(=O)CN1CCNC(=O)C1. The van der Waals surface area contributed by atoms with Crippen molar-refractivity contribution in [2.45, 2.75) is 31.9 Å². The number of nitrogens with one attached hydrogen (secondary N) is 2. The predicted molar refractivity (Wildman–Crippen MR) is 129 cm³/mol. The van der Waals surface area contributed by atoms with Crippen LogP contribution in [0.3, 0.4) is 0 Å². The molecule has 2 aliphatic heterocycles. The first kappa shape index (κ1) is 25.7. The lowest BCUT2D eigenvalue weighted by molar-refractivity contribution is -0.137. The zero-order valence-electron chi connectivity index (χ0n) is 20.0. The van der Waals surface area contributed by atoms with Crippen molar-refractivity contribution in [3.63, 3.8) is 0 Å². The largest absolute Gasteiger partial charge is 0.416 e. The second-order valence-electron chi connectivity index (χ2n) is 9.32. The van der Waals surface area contributed by atoms with E-state index in [9.17, 15) is 27.6 Å². The van der Waals surface area contributed by atoms with Crippen LogP contribution in [0.1, 0.15) is 45.8 Å². The summed E-state index contributed by atoms with van der Waals surface area (Å²) in [5.74, 6) is -0.417. The molecule has 192 valence electrons. The molecule has 0 saturated carbocycles. The van der Waals surface area contributed by atoms with Gasteiger partial charge in [-0.2, -0.15) is 13.2 Å². The number of nitrogens with zero attached hydrogens (tertiary/aromatic N) is 2. The number of hydrogen-bond donors (Lipinski definition) is 2. The summed E-state index contributed by atoms with van der Waals surface area (Å²) < 4.78 is 38.5. The van der Waals surface area contributed by atoms with Crippen LogP contribution >= 0.6 is 0 Å². The number of halogens is 3. The molecule has 3 amide bonds. The van der Waals surface area contributed by atoms with Crippen molar-refractivity contribution in [3.8, 4) is 0 Å². The fourth-order valence-corrected chi connectivity index (χ4v) is 4.65. The highest BCUT2D eigenvalue weighted by Crippen LogP contribution is 2.33. The summed E-state index contributed by atoms with van der Waals surface area (Å²) >= 11 is 0. The molecule has 0 bridgehead atoms. The Balaban J connectivity index is 1.34. The van der Waals surface area contributed by atoms with Gasteiger partial charge in [-0.3, -0.25) is 19.3 Å². The first-order valence-corrected chi connectivity index (χ1v) is 12.0. The molecular formula is C26H29F3N4O3. The molecule has 10 heteroatoms. The fraction of sp³-hybridized carbons (Fsp3) is 0.423. The van der Waals surface area contributed by atoms with Crippen molar-refractivity contribution in [1.82, 2.24) is 15.1 Å². The van der Waals surface area contributed by atoms with Crippen LogP contribution in [0.2, 0.25) is 0 Å². The van der Waals surface area contributed by atoms with E-state index in [-0.39, 0.29) is 36.7 Å². The molecule has 0 radical (unpaired) electrons. The third-order valence-electron chi connectivity index (χ3n) is 6.73. The minimum atomic E-state index is -4.36. The number of anilines is 1. The third kappa shape index (κ3) is 6.23. The maximum atomic E-state index is 13.1. The minimum Gasteiger partial charge on any atom is -0.354 e. The van der Waals surface area contributed by atoms with Crippen LogP contribution in [0.15, 0.2) is 42.5 Å². The van der Waals surface area contributed by atoms with E-state index in [0.29, 0.717) is 50.3 Å². The number of amides is 3. The monoisotopic (exact) mass is 502 g/mol. The van der Waals surface area contributed by atoms with Gasteiger partial charge in [0.15, 0.2) is 0 Å².